The number of para-hydroxylation sites is 2. The molecule has 0 aliphatic carbocycles. The second-order valence-corrected chi connectivity index (χ2v) is 5.76. The lowest BCUT2D eigenvalue weighted by molar-refractivity contribution is 0.671. The first-order valence-electron chi connectivity index (χ1n) is 8.02. The number of nitrogen functional groups attached to an aromatic ring is 1. The van der Waals surface area contributed by atoms with Crippen molar-refractivity contribution in [1.82, 2.24) is 19.1 Å². The lowest BCUT2D eigenvalue weighted by Crippen LogP contribution is -2.40. The first-order chi connectivity index (χ1) is 12.7. The Morgan fingerprint density at radius 1 is 0.885 bits per heavy atom. The fraction of sp³-hybridized carbons (Fsp3) is 0.0526. The van der Waals surface area contributed by atoms with E-state index >= 15 is 0 Å². The zero-order valence-corrected chi connectivity index (χ0v) is 13.7. The van der Waals surface area contributed by atoms with Crippen LogP contribution in [0.2, 0.25) is 0 Å². The Morgan fingerprint density at radius 3 is 2.42 bits per heavy atom. The van der Waals surface area contributed by atoms with Gasteiger partial charge in [-0.05, 0) is 36.4 Å². The molecule has 0 spiro atoms. The molecular weight excluding hydrogens is 330 g/mol. The molecular formula is C19H15N5O2. The Morgan fingerprint density at radius 2 is 1.65 bits per heavy atom. The van der Waals surface area contributed by atoms with E-state index in [1.807, 2.05) is 6.07 Å². The molecule has 0 amide bonds. The van der Waals surface area contributed by atoms with Crippen molar-refractivity contribution in [3.05, 3.63) is 93.5 Å². The summed E-state index contributed by atoms with van der Waals surface area (Å²) in [6.07, 6.45) is 3.16. The van der Waals surface area contributed by atoms with Crippen LogP contribution in [-0.2, 0) is 6.54 Å². The van der Waals surface area contributed by atoms with E-state index in [-0.39, 0.29) is 12.2 Å². The maximum absolute atomic E-state index is 13.2. The SMILES string of the molecule is Nc1ccccc1-n1c(=O)n(Cc2ccccn2)c(=O)c2cccnc21. The molecule has 3 heterocycles. The van der Waals surface area contributed by atoms with E-state index in [9.17, 15) is 9.59 Å². The average Bonchev–Trinajstić information content (AvgIpc) is 2.67. The van der Waals surface area contributed by atoms with Gasteiger partial charge in [-0.1, -0.05) is 18.2 Å². The predicted octanol–water partition coefficient (Wildman–Crippen LogP) is 1.57. The minimum Gasteiger partial charge on any atom is -0.397 e. The monoisotopic (exact) mass is 345 g/mol. The summed E-state index contributed by atoms with van der Waals surface area (Å²) in [4.78, 5) is 34.5. The third-order valence-electron chi connectivity index (χ3n) is 4.12. The highest BCUT2D eigenvalue weighted by molar-refractivity contribution is 5.77. The van der Waals surface area contributed by atoms with Gasteiger partial charge in [-0.2, -0.15) is 0 Å². The number of rotatable bonds is 3. The van der Waals surface area contributed by atoms with Crippen molar-refractivity contribution in [3.63, 3.8) is 0 Å². The van der Waals surface area contributed by atoms with Crippen LogP contribution in [0.4, 0.5) is 5.69 Å². The fourth-order valence-corrected chi connectivity index (χ4v) is 2.89. The minimum atomic E-state index is -0.509. The number of hydrogen-bond acceptors (Lipinski definition) is 5. The molecule has 0 atom stereocenters. The molecule has 0 aliphatic heterocycles. The number of pyridine rings is 2. The number of anilines is 1. The Hall–Kier alpha value is -3.74. The second-order valence-electron chi connectivity index (χ2n) is 5.76. The van der Waals surface area contributed by atoms with Gasteiger partial charge in [0.25, 0.3) is 5.56 Å². The number of nitrogens with zero attached hydrogens (tertiary/aromatic N) is 4. The van der Waals surface area contributed by atoms with E-state index < -0.39 is 11.2 Å². The molecule has 128 valence electrons. The molecule has 0 radical (unpaired) electrons. The normalized spacial score (nSPS) is 10.9. The lowest BCUT2D eigenvalue weighted by atomic mass is 10.2. The Kier molecular flexibility index (Phi) is 3.81. The van der Waals surface area contributed by atoms with E-state index in [1.165, 1.54) is 4.57 Å². The molecule has 7 nitrogen and oxygen atoms in total. The molecule has 0 bridgehead atoms. The summed E-state index contributed by atoms with van der Waals surface area (Å²) in [5.74, 6) is 0. The molecule has 3 aromatic heterocycles. The van der Waals surface area contributed by atoms with Gasteiger partial charge in [0, 0.05) is 12.4 Å². The fourth-order valence-electron chi connectivity index (χ4n) is 2.89. The van der Waals surface area contributed by atoms with Crippen LogP contribution >= 0.6 is 0 Å². The van der Waals surface area contributed by atoms with Gasteiger partial charge in [-0.3, -0.25) is 14.3 Å². The van der Waals surface area contributed by atoms with Crippen molar-refractivity contribution < 1.29 is 0 Å². The summed E-state index contributed by atoms with van der Waals surface area (Å²) in [7, 11) is 0. The van der Waals surface area contributed by atoms with Gasteiger partial charge in [-0.15, -0.1) is 0 Å². The average molecular weight is 345 g/mol. The van der Waals surface area contributed by atoms with Gasteiger partial charge < -0.3 is 5.73 Å². The first kappa shape index (κ1) is 15.8. The van der Waals surface area contributed by atoms with Crippen molar-refractivity contribution in [2.45, 2.75) is 6.54 Å². The topological polar surface area (TPSA) is 95.8 Å². The van der Waals surface area contributed by atoms with Crippen molar-refractivity contribution in [3.8, 4) is 5.69 Å². The van der Waals surface area contributed by atoms with E-state index in [0.717, 1.165) is 4.57 Å². The van der Waals surface area contributed by atoms with Gasteiger partial charge in [0.05, 0.1) is 29.0 Å². The van der Waals surface area contributed by atoms with Crippen molar-refractivity contribution >= 4 is 16.7 Å². The van der Waals surface area contributed by atoms with Crippen molar-refractivity contribution in [2.24, 2.45) is 0 Å². The number of nitrogens with two attached hydrogens (primary N) is 1. The molecule has 0 aliphatic rings. The standard InChI is InChI=1S/C19H15N5O2/c20-15-8-1-2-9-16(15)24-17-14(7-5-11-22-17)18(25)23(19(24)26)12-13-6-3-4-10-21-13/h1-11H,12,20H2. The van der Waals surface area contributed by atoms with Crippen LogP contribution < -0.4 is 17.0 Å². The van der Waals surface area contributed by atoms with Crippen LogP contribution in [-0.4, -0.2) is 19.1 Å². The maximum Gasteiger partial charge on any atom is 0.337 e. The van der Waals surface area contributed by atoms with Crippen molar-refractivity contribution in [1.29, 1.82) is 0 Å². The second kappa shape index (κ2) is 6.29. The largest absolute Gasteiger partial charge is 0.397 e. The van der Waals surface area contributed by atoms with Crippen LogP contribution in [0, 0.1) is 0 Å². The van der Waals surface area contributed by atoms with Gasteiger partial charge in [0.15, 0.2) is 5.65 Å². The summed E-state index contributed by atoms with van der Waals surface area (Å²) in [6.45, 7) is 0.0656. The lowest BCUT2D eigenvalue weighted by Gasteiger charge is -2.14. The molecule has 0 fully saturated rings. The minimum absolute atomic E-state index is 0.0656. The predicted molar refractivity (Wildman–Crippen MR) is 99.4 cm³/mol. The number of hydrogen-bond donors (Lipinski definition) is 1. The van der Waals surface area contributed by atoms with E-state index in [0.29, 0.717) is 22.5 Å². The number of benzene rings is 1. The van der Waals surface area contributed by atoms with Gasteiger partial charge in [0.1, 0.15) is 0 Å². The van der Waals surface area contributed by atoms with E-state index in [2.05, 4.69) is 9.97 Å². The quantitative estimate of drug-likeness (QED) is 0.569. The van der Waals surface area contributed by atoms with E-state index in [1.54, 1.807) is 60.9 Å². The Labute approximate surface area is 148 Å². The molecule has 1 aromatic carbocycles. The number of fused-ring (bicyclic) bond motifs is 1. The summed E-state index contributed by atoms with van der Waals surface area (Å²) in [5.41, 5.74) is 6.94. The third kappa shape index (κ3) is 2.55. The molecule has 4 aromatic rings. The summed E-state index contributed by atoms with van der Waals surface area (Å²) >= 11 is 0. The highest BCUT2D eigenvalue weighted by atomic mass is 16.2. The maximum atomic E-state index is 13.2. The molecule has 0 saturated carbocycles. The first-order valence-corrected chi connectivity index (χ1v) is 8.02. The van der Waals surface area contributed by atoms with Crippen LogP contribution in [0.1, 0.15) is 5.69 Å². The third-order valence-corrected chi connectivity index (χ3v) is 4.12. The van der Waals surface area contributed by atoms with Crippen LogP contribution in [0.15, 0.2) is 76.6 Å². The molecule has 2 N–H and O–H groups in total. The van der Waals surface area contributed by atoms with Crippen LogP contribution in [0.25, 0.3) is 16.7 Å². The number of aromatic nitrogens is 4. The molecule has 4 rings (SSSR count). The highest BCUT2D eigenvalue weighted by Crippen LogP contribution is 2.17. The Balaban J connectivity index is 2.07. The van der Waals surface area contributed by atoms with Gasteiger partial charge >= 0.3 is 5.69 Å². The van der Waals surface area contributed by atoms with E-state index in [4.69, 9.17) is 5.73 Å². The molecule has 26 heavy (non-hydrogen) atoms. The smallest absolute Gasteiger partial charge is 0.337 e. The van der Waals surface area contributed by atoms with Gasteiger partial charge in [-0.25, -0.2) is 14.3 Å². The van der Waals surface area contributed by atoms with Crippen LogP contribution in [0.3, 0.4) is 0 Å². The zero-order chi connectivity index (χ0) is 18.1. The van der Waals surface area contributed by atoms with Crippen LogP contribution in [0.5, 0.6) is 0 Å². The molecule has 0 unspecified atom stereocenters. The van der Waals surface area contributed by atoms with Crippen molar-refractivity contribution in [2.75, 3.05) is 5.73 Å². The highest BCUT2D eigenvalue weighted by Gasteiger charge is 2.17. The van der Waals surface area contributed by atoms with Gasteiger partial charge in [0.2, 0.25) is 0 Å². The summed E-state index contributed by atoms with van der Waals surface area (Å²) in [6, 6.07) is 15.6. The summed E-state index contributed by atoms with van der Waals surface area (Å²) in [5, 5.41) is 0.339. The zero-order valence-electron chi connectivity index (χ0n) is 13.7. The molecule has 7 heteroatoms. The Bertz CT molecular complexity index is 1210. The molecule has 0 saturated heterocycles. The summed E-state index contributed by atoms with van der Waals surface area (Å²) < 4.78 is 2.52.